The monoisotopic (exact) mass is 253 g/mol. The molecule has 3 rings (SSSR count). The maximum atomic E-state index is 5.61. The first-order chi connectivity index (χ1) is 9.29. The molecule has 0 saturated carbocycles. The standard InChI is InChI=1S/C15H15N3O/c1-18(12-4-2-11(10-16)3-5-12)15-13-7-9-19-14(13)6-8-17-15/h2-9H,10,16H2,1H3. The van der Waals surface area contributed by atoms with Crippen LogP contribution >= 0.6 is 0 Å². The van der Waals surface area contributed by atoms with Crippen LogP contribution < -0.4 is 10.6 Å². The van der Waals surface area contributed by atoms with Crippen LogP contribution in [-0.2, 0) is 6.54 Å². The van der Waals surface area contributed by atoms with Gasteiger partial charge in [0.25, 0.3) is 0 Å². The number of benzene rings is 1. The fraction of sp³-hybridized carbons (Fsp3) is 0.133. The molecule has 3 aromatic rings. The Bertz CT molecular complexity index is 688. The summed E-state index contributed by atoms with van der Waals surface area (Å²) in [5.74, 6) is 0.881. The highest BCUT2D eigenvalue weighted by Gasteiger charge is 2.10. The number of nitrogens with zero attached hydrogens (tertiary/aromatic N) is 2. The quantitative estimate of drug-likeness (QED) is 0.779. The summed E-state index contributed by atoms with van der Waals surface area (Å²) in [5.41, 5.74) is 8.64. The van der Waals surface area contributed by atoms with E-state index in [4.69, 9.17) is 10.2 Å². The number of hydrogen-bond acceptors (Lipinski definition) is 4. The highest BCUT2D eigenvalue weighted by Crippen LogP contribution is 2.29. The van der Waals surface area contributed by atoms with Crippen LogP contribution in [0.3, 0.4) is 0 Å². The van der Waals surface area contributed by atoms with Crippen LogP contribution in [0.4, 0.5) is 11.5 Å². The Kier molecular flexibility index (Phi) is 2.93. The average Bonchev–Trinajstić information content (AvgIpc) is 2.95. The van der Waals surface area contributed by atoms with Gasteiger partial charge in [-0.3, -0.25) is 0 Å². The molecule has 4 nitrogen and oxygen atoms in total. The predicted molar refractivity (Wildman–Crippen MR) is 76.4 cm³/mol. The topological polar surface area (TPSA) is 55.3 Å². The molecule has 0 radical (unpaired) electrons. The highest BCUT2D eigenvalue weighted by atomic mass is 16.3. The van der Waals surface area contributed by atoms with E-state index < -0.39 is 0 Å². The van der Waals surface area contributed by atoms with Crippen molar-refractivity contribution in [1.82, 2.24) is 4.98 Å². The molecule has 19 heavy (non-hydrogen) atoms. The predicted octanol–water partition coefficient (Wildman–Crippen LogP) is 3.05. The summed E-state index contributed by atoms with van der Waals surface area (Å²) in [6, 6.07) is 11.9. The van der Waals surface area contributed by atoms with E-state index in [1.54, 1.807) is 12.5 Å². The van der Waals surface area contributed by atoms with E-state index in [0.29, 0.717) is 6.54 Å². The van der Waals surface area contributed by atoms with E-state index >= 15 is 0 Å². The van der Waals surface area contributed by atoms with E-state index in [2.05, 4.69) is 4.98 Å². The Morgan fingerprint density at radius 2 is 1.95 bits per heavy atom. The molecule has 0 amide bonds. The zero-order valence-electron chi connectivity index (χ0n) is 10.7. The zero-order chi connectivity index (χ0) is 13.2. The molecule has 0 saturated heterocycles. The Hall–Kier alpha value is -2.33. The van der Waals surface area contributed by atoms with Crippen LogP contribution in [0, 0.1) is 0 Å². The average molecular weight is 253 g/mol. The van der Waals surface area contributed by atoms with Crippen LogP contribution in [0.2, 0.25) is 0 Å². The summed E-state index contributed by atoms with van der Waals surface area (Å²) in [7, 11) is 1.99. The van der Waals surface area contributed by atoms with Gasteiger partial charge in [-0.15, -0.1) is 0 Å². The zero-order valence-corrected chi connectivity index (χ0v) is 10.7. The molecule has 1 aromatic carbocycles. The molecule has 96 valence electrons. The van der Waals surface area contributed by atoms with Gasteiger partial charge < -0.3 is 15.1 Å². The molecule has 0 bridgehead atoms. The van der Waals surface area contributed by atoms with E-state index in [-0.39, 0.29) is 0 Å². The summed E-state index contributed by atoms with van der Waals surface area (Å²) in [5, 5.41) is 1.01. The van der Waals surface area contributed by atoms with Crippen LogP contribution in [0.5, 0.6) is 0 Å². The number of nitrogens with two attached hydrogens (primary N) is 1. The van der Waals surface area contributed by atoms with Gasteiger partial charge in [0.1, 0.15) is 11.4 Å². The minimum atomic E-state index is 0.555. The molecular formula is C15H15N3O. The first-order valence-corrected chi connectivity index (χ1v) is 6.14. The van der Waals surface area contributed by atoms with Crippen molar-refractivity contribution in [1.29, 1.82) is 0 Å². The number of rotatable bonds is 3. The SMILES string of the molecule is CN(c1ccc(CN)cc1)c1nccc2occc12. The van der Waals surface area contributed by atoms with Gasteiger partial charge in [-0.05, 0) is 29.8 Å². The van der Waals surface area contributed by atoms with Crippen molar-refractivity contribution in [2.75, 3.05) is 11.9 Å². The molecule has 2 heterocycles. The van der Waals surface area contributed by atoms with Crippen molar-refractivity contribution in [3.05, 3.63) is 54.4 Å². The molecule has 0 spiro atoms. The van der Waals surface area contributed by atoms with Gasteiger partial charge in [-0.25, -0.2) is 4.98 Å². The van der Waals surface area contributed by atoms with Gasteiger partial charge >= 0.3 is 0 Å². The smallest absolute Gasteiger partial charge is 0.143 e. The van der Waals surface area contributed by atoms with E-state index in [1.807, 2.05) is 48.3 Å². The second-order valence-corrected chi connectivity index (χ2v) is 4.40. The second-order valence-electron chi connectivity index (χ2n) is 4.40. The third-order valence-electron chi connectivity index (χ3n) is 3.24. The van der Waals surface area contributed by atoms with Crippen molar-refractivity contribution in [3.8, 4) is 0 Å². The number of furan rings is 1. The minimum absolute atomic E-state index is 0.555. The molecule has 0 aliphatic carbocycles. The highest BCUT2D eigenvalue weighted by molar-refractivity contribution is 5.90. The van der Waals surface area contributed by atoms with Crippen LogP contribution in [0.1, 0.15) is 5.56 Å². The van der Waals surface area contributed by atoms with Gasteiger partial charge in [0.05, 0.1) is 11.6 Å². The number of pyridine rings is 1. The van der Waals surface area contributed by atoms with Gasteiger partial charge in [-0.2, -0.15) is 0 Å². The Morgan fingerprint density at radius 1 is 1.16 bits per heavy atom. The summed E-state index contributed by atoms with van der Waals surface area (Å²) in [6.45, 7) is 0.555. The molecule has 0 aliphatic heterocycles. The van der Waals surface area contributed by atoms with E-state index in [9.17, 15) is 0 Å². The molecule has 4 heteroatoms. The molecule has 0 aliphatic rings. The Labute approximate surface area is 111 Å². The summed E-state index contributed by atoms with van der Waals surface area (Å²) in [4.78, 5) is 6.48. The first-order valence-electron chi connectivity index (χ1n) is 6.14. The summed E-state index contributed by atoms with van der Waals surface area (Å²) >= 11 is 0. The molecule has 2 N–H and O–H groups in total. The fourth-order valence-electron chi connectivity index (χ4n) is 2.13. The lowest BCUT2D eigenvalue weighted by atomic mass is 10.2. The Morgan fingerprint density at radius 3 is 2.68 bits per heavy atom. The normalized spacial score (nSPS) is 10.8. The molecule has 0 atom stereocenters. The number of anilines is 2. The van der Waals surface area contributed by atoms with Crippen molar-refractivity contribution in [2.45, 2.75) is 6.54 Å². The second kappa shape index (κ2) is 4.74. The van der Waals surface area contributed by atoms with Crippen LogP contribution in [0.25, 0.3) is 11.0 Å². The summed E-state index contributed by atoms with van der Waals surface area (Å²) in [6.07, 6.45) is 3.44. The third-order valence-corrected chi connectivity index (χ3v) is 3.24. The van der Waals surface area contributed by atoms with Gasteiger partial charge in [-0.1, -0.05) is 12.1 Å². The van der Waals surface area contributed by atoms with Crippen molar-refractivity contribution < 1.29 is 4.42 Å². The van der Waals surface area contributed by atoms with Gasteiger partial charge in [0.15, 0.2) is 0 Å². The number of aromatic nitrogens is 1. The largest absolute Gasteiger partial charge is 0.464 e. The molecule has 0 unspecified atom stereocenters. The lowest BCUT2D eigenvalue weighted by Crippen LogP contribution is -2.11. The van der Waals surface area contributed by atoms with Gasteiger partial charge in [0.2, 0.25) is 0 Å². The van der Waals surface area contributed by atoms with Crippen molar-refractivity contribution in [2.24, 2.45) is 5.73 Å². The lowest BCUT2D eigenvalue weighted by Gasteiger charge is -2.19. The van der Waals surface area contributed by atoms with Crippen molar-refractivity contribution >= 4 is 22.5 Å². The maximum absolute atomic E-state index is 5.61. The molecule has 2 aromatic heterocycles. The summed E-state index contributed by atoms with van der Waals surface area (Å²) < 4.78 is 5.40. The third kappa shape index (κ3) is 2.06. The van der Waals surface area contributed by atoms with Gasteiger partial charge in [0, 0.05) is 25.5 Å². The van der Waals surface area contributed by atoms with Crippen LogP contribution in [0.15, 0.2) is 53.3 Å². The lowest BCUT2D eigenvalue weighted by molar-refractivity contribution is 0.615. The fourth-order valence-corrected chi connectivity index (χ4v) is 2.13. The molecule has 0 fully saturated rings. The first kappa shape index (κ1) is 11.7. The van der Waals surface area contributed by atoms with Crippen LogP contribution in [-0.4, -0.2) is 12.0 Å². The van der Waals surface area contributed by atoms with Crippen molar-refractivity contribution in [3.63, 3.8) is 0 Å². The number of fused-ring (bicyclic) bond motifs is 1. The number of hydrogen-bond donors (Lipinski definition) is 1. The van der Waals surface area contributed by atoms with E-state index in [0.717, 1.165) is 28.0 Å². The Balaban J connectivity index is 2.02. The van der Waals surface area contributed by atoms with E-state index in [1.165, 1.54) is 0 Å². The minimum Gasteiger partial charge on any atom is -0.464 e. The maximum Gasteiger partial charge on any atom is 0.143 e. The molecular weight excluding hydrogens is 238 g/mol.